The number of carbonyl (C=O) groups is 1. The molecule has 0 atom stereocenters. The van der Waals surface area contributed by atoms with Crippen LogP contribution in [-0.2, 0) is 0 Å². The Balaban J connectivity index is 1.75. The number of nitrogens with one attached hydrogen (secondary N) is 1. The predicted molar refractivity (Wildman–Crippen MR) is 74.2 cm³/mol. The summed E-state index contributed by atoms with van der Waals surface area (Å²) in [5, 5.41) is 8.39. The molecule has 20 heavy (non-hydrogen) atoms. The van der Waals surface area contributed by atoms with E-state index in [0.29, 0.717) is 11.3 Å². The molecule has 0 aliphatic rings. The molecule has 0 bridgehead atoms. The number of nitrogens with zero attached hydrogens (tertiary/aromatic N) is 1. The predicted octanol–water partition coefficient (Wildman–Crippen LogP) is 3.79. The van der Waals surface area contributed by atoms with Gasteiger partial charge in [0, 0.05) is 11.6 Å². The number of amides is 1. The van der Waals surface area contributed by atoms with Crippen LogP contribution in [0.5, 0.6) is 0 Å². The first-order valence-electron chi connectivity index (χ1n) is 5.80. The number of aromatic nitrogens is 1. The van der Waals surface area contributed by atoms with Gasteiger partial charge in [0.2, 0.25) is 5.88 Å². The average Bonchev–Trinajstić information content (AvgIpc) is 3.09. The summed E-state index contributed by atoms with van der Waals surface area (Å²) in [6.45, 7) is 0. The molecule has 0 radical (unpaired) electrons. The lowest BCUT2D eigenvalue weighted by Crippen LogP contribution is -2.11. The SMILES string of the molecule is O=C(Nc1cc(-c2cccs2)no1)c1ccc(F)cc1. The molecule has 3 rings (SSSR count). The second kappa shape index (κ2) is 5.26. The van der Waals surface area contributed by atoms with Gasteiger partial charge in [-0.25, -0.2) is 4.39 Å². The molecular weight excluding hydrogens is 279 g/mol. The van der Waals surface area contributed by atoms with E-state index in [4.69, 9.17) is 4.52 Å². The van der Waals surface area contributed by atoms with Crippen LogP contribution in [-0.4, -0.2) is 11.1 Å². The molecule has 0 saturated carbocycles. The molecule has 0 spiro atoms. The van der Waals surface area contributed by atoms with Crippen LogP contribution in [0.25, 0.3) is 10.6 Å². The molecule has 0 aliphatic carbocycles. The molecule has 0 fully saturated rings. The zero-order valence-electron chi connectivity index (χ0n) is 10.2. The molecule has 1 N–H and O–H groups in total. The third-order valence-electron chi connectivity index (χ3n) is 2.63. The minimum absolute atomic E-state index is 0.253. The Hall–Kier alpha value is -2.47. The van der Waals surface area contributed by atoms with Crippen molar-refractivity contribution < 1.29 is 13.7 Å². The van der Waals surface area contributed by atoms with Crippen LogP contribution in [0.3, 0.4) is 0 Å². The second-order valence-electron chi connectivity index (χ2n) is 4.01. The van der Waals surface area contributed by atoms with Gasteiger partial charge in [0.05, 0.1) is 4.88 Å². The minimum Gasteiger partial charge on any atom is -0.338 e. The van der Waals surface area contributed by atoms with Gasteiger partial charge in [0.1, 0.15) is 11.5 Å². The Morgan fingerprint density at radius 1 is 1.25 bits per heavy atom. The van der Waals surface area contributed by atoms with E-state index < -0.39 is 0 Å². The van der Waals surface area contributed by atoms with E-state index in [-0.39, 0.29) is 17.6 Å². The molecule has 4 nitrogen and oxygen atoms in total. The maximum atomic E-state index is 12.8. The number of halogens is 1. The summed E-state index contributed by atoms with van der Waals surface area (Å²) in [6, 6.07) is 10.7. The van der Waals surface area contributed by atoms with Gasteiger partial charge in [-0.3, -0.25) is 10.1 Å². The van der Waals surface area contributed by atoms with Gasteiger partial charge in [-0.2, -0.15) is 0 Å². The Kier molecular flexibility index (Phi) is 3.30. The fourth-order valence-corrected chi connectivity index (χ4v) is 2.34. The zero-order valence-corrected chi connectivity index (χ0v) is 11.0. The normalized spacial score (nSPS) is 10.4. The molecule has 0 unspecified atom stereocenters. The van der Waals surface area contributed by atoms with Crippen LogP contribution >= 0.6 is 11.3 Å². The standard InChI is InChI=1S/C14H9FN2O2S/c15-10-5-3-9(4-6-10)14(18)16-13-8-11(17-19-13)12-2-1-7-20-12/h1-8H,(H,16,18). The molecule has 1 aromatic carbocycles. The van der Waals surface area contributed by atoms with Crippen LogP contribution in [0.1, 0.15) is 10.4 Å². The largest absolute Gasteiger partial charge is 0.338 e. The zero-order chi connectivity index (χ0) is 13.9. The van der Waals surface area contributed by atoms with E-state index in [9.17, 15) is 9.18 Å². The van der Waals surface area contributed by atoms with E-state index in [1.165, 1.54) is 35.6 Å². The second-order valence-corrected chi connectivity index (χ2v) is 4.96. The van der Waals surface area contributed by atoms with Gasteiger partial charge in [0.15, 0.2) is 0 Å². The highest BCUT2D eigenvalue weighted by Gasteiger charge is 2.11. The number of hydrogen-bond acceptors (Lipinski definition) is 4. The van der Waals surface area contributed by atoms with Crippen LogP contribution in [0.2, 0.25) is 0 Å². The molecule has 100 valence electrons. The van der Waals surface area contributed by atoms with Gasteiger partial charge in [-0.05, 0) is 35.7 Å². The van der Waals surface area contributed by atoms with Crippen molar-refractivity contribution in [3.05, 3.63) is 59.2 Å². The van der Waals surface area contributed by atoms with Gasteiger partial charge < -0.3 is 4.52 Å². The van der Waals surface area contributed by atoms with Crippen molar-refractivity contribution in [1.29, 1.82) is 0 Å². The van der Waals surface area contributed by atoms with E-state index >= 15 is 0 Å². The van der Waals surface area contributed by atoms with Gasteiger partial charge in [0.25, 0.3) is 5.91 Å². The maximum Gasteiger partial charge on any atom is 0.258 e. The van der Waals surface area contributed by atoms with Crippen LogP contribution in [0.4, 0.5) is 10.3 Å². The third kappa shape index (κ3) is 2.60. The fourth-order valence-electron chi connectivity index (χ4n) is 1.66. The molecule has 3 aromatic rings. The Morgan fingerprint density at radius 2 is 2.05 bits per heavy atom. The Bertz CT molecular complexity index is 720. The topological polar surface area (TPSA) is 55.1 Å². The fraction of sp³-hybridized carbons (Fsp3) is 0. The minimum atomic E-state index is -0.388. The van der Waals surface area contributed by atoms with Crippen molar-refractivity contribution in [3.8, 4) is 10.6 Å². The summed E-state index contributed by atoms with van der Waals surface area (Å²) in [5.41, 5.74) is 1.01. The van der Waals surface area contributed by atoms with Gasteiger partial charge >= 0.3 is 0 Å². The quantitative estimate of drug-likeness (QED) is 0.797. The highest BCUT2D eigenvalue weighted by atomic mass is 32.1. The van der Waals surface area contributed by atoms with Crippen molar-refractivity contribution in [1.82, 2.24) is 5.16 Å². The molecular formula is C14H9FN2O2S. The van der Waals surface area contributed by atoms with Crippen molar-refractivity contribution in [2.24, 2.45) is 0 Å². The third-order valence-corrected chi connectivity index (χ3v) is 3.52. The van der Waals surface area contributed by atoms with Gasteiger partial charge in [-0.15, -0.1) is 11.3 Å². The molecule has 0 saturated heterocycles. The Morgan fingerprint density at radius 3 is 2.75 bits per heavy atom. The highest BCUT2D eigenvalue weighted by molar-refractivity contribution is 7.13. The number of carbonyl (C=O) groups excluding carboxylic acids is 1. The number of benzene rings is 1. The molecule has 6 heteroatoms. The highest BCUT2D eigenvalue weighted by Crippen LogP contribution is 2.25. The van der Waals surface area contributed by atoms with Crippen molar-refractivity contribution in [2.75, 3.05) is 5.32 Å². The molecule has 2 aromatic heterocycles. The summed E-state index contributed by atoms with van der Waals surface area (Å²) in [6.07, 6.45) is 0. The van der Waals surface area contributed by atoms with E-state index in [1.807, 2.05) is 17.5 Å². The first-order valence-corrected chi connectivity index (χ1v) is 6.68. The van der Waals surface area contributed by atoms with Crippen LogP contribution in [0, 0.1) is 5.82 Å². The van der Waals surface area contributed by atoms with Crippen molar-refractivity contribution >= 4 is 23.1 Å². The van der Waals surface area contributed by atoms with Crippen LogP contribution in [0.15, 0.2) is 52.4 Å². The summed E-state index contributed by atoms with van der Waals surface area (Å²) >= 11 is 1.53. The lowest BCUT2D eigenvalue weighted by atomic mass is 10.2. The smallest absolute Gasteiger partial charge is 0.258 e. The summed E-state index contributed by atoms with van der Waals surface area (Å²) in [4.78, 5) is 12.9. The number of anilines is 1. The van der Waals surface area contributed by atoms with E-state index in [2.05, 4.69) is 10.5 Å². The van der Waals surface area contributed by atoms with Crippen molar-refractivity contribution in [2.45, 2.75) is 0 Å². The molecule has 0 aliphatic heterocycles. The van der Waals surface area contributed by atoms with Gasteiger partial charge in [-0.1, -0.05) is 11.2 Å². The number of rotatable bonds is 3. The summed E-state index contributed by atoms with van der Waals surface area (Å²) in [7, 11) is 0. The number of thiophene rings is 1. The summed E-state index contributed by atoms with van der Waals surface area (Å²) < 4.78 is 17.8. The molecule has 2 heterocycles. The Labute approximate surface area is 117 Å². The maximum absolute atomic E-state index is 12.8. The van der Waals surface area contributed by atoms with E-state index in [0.717, 1.165) is 4.88 Å². The first kappa shape index (κ1) is 12.6. The number of hydrogen-bond donors (Lipinski definition) is 1. The lowest BCUT2D eigenvalue weighted by Gasteiger charge is -2.00. The monoisotopic (exact) mass is 288 g/mol. The van der Waals surface area contributed by atoms with Crippen LogP contribution < -0.4 is 5.32 Å². The lowest BCUT2D eigenvalue weighted by molar-refractivity contribution is 0.102. The first-order chi connectivity index (χ1) is 9.72. The average molecular weight is 288 g/mol. The molecule has 1 amide bonds. The summed E-state index contributed by atoms with van der Waals surface area (Å²) in [5.74, 6) is -0.511. The van der Waals surface area contributed by atoms with E-state index in [1.54, 1.807) is 6.07 Å². The van der Waals surface area contributed by atoms with Crippen molar-refractivity contribution in [3.63, 3.8) is 0 Å².